The summed E-state index contributed by atoms with van der Waals surface area (Å²) in [6, 6.07) is 16.3. The van der Waals surface area contributed by atoms with Gasteiger partial charge in [-0.3, -0.25) is 9.59 Å². The van der Waals surface area contributed by atoms with E-state index in [1.165, 1.54) is 23.4 Å². The highest BCUT2D eigenvalue weighted by atomic mass is 32.2. The smallest absolute Gasteiger partial charge is 0.264 e. The Bertz CT molecular complexity index is 1300. The molecule has 0 spiro atoms. The lowest BCUT2D eigenvalue weighted by Crippen LogP contribution is -2.22. The van der Waals surface area contributed by atoms with Crippen LogP contribution < -0.4 is 15.4 Å². The molecule has 2 aromatic heterocycles. The van der Waals surface area contributed by atoms with Crippen molar-refractivity contribution in [2.45, 2.75) is 18.5 Å². The van der Waals surface area contributed by atoms with Gasteiger partial charge in [0.2, 0.25) is 17.6 Å². The summed E-state index contributed by atoms with van der Waals surface area (Å²) in [6.07, 6.45) is 1.83. The van der Waals surface area contributed by atoms with Crippen LogP contribution >= 0.6 is 11.8 Å². The van der Waals surface area contributed by atoms with E-state index < -0.39 is 0 Å². The van der Waals surface area contributed by atoms with Crippen LogP contribution in [0.5, 0.6) is 5.75 Å². The van der Waals surface area contributed by atoms with Crippen molar-refractivity contribution in [3.05, 3.63) is 54.6 Å². The Balaban J connectivity index is 1.65. The van der Waals surface area contributed by atoms with Crippen LogP contribution in [0.2, 0.25) is 0 Å². The second kappa shape index (κ2) is 10.2. The molecule has 2 heterocycles. The molecule has 0 saturated carbocycles. The molecule has 0 atom stereocenters. The minimum absolute atomic E-state index is 0.144. The summed E-state index contributed by atoms with van der Waals surface area (Å²) in [5, 5.41) is 14.7. The maximum Gasteiger partial charge on any atom is 0.264 e. The van der Waals surface area contributed by atoms with Crippen molar-refractivity contribution in [2.75, 3.05) is 24.0 Å². The molecule has 10 nitrogen and oxygen atoms in total. The first kappa shape index (κ1) is 23.1. The number of thioether (sulfide) groups is 1. The van der Waals surface area contributed by atoms with Crippen LogP contribution in [-0.2, 0) is 16.1 Å². The lowest BCUT2D eigenvalue weighted by atomic mass is 10.2. The van der Waals surface area contributed by atoms with Crippen LogP contribution in [0, 0.1) is 0 Å². The summed E-state index contributed by atoms with van der Waals surface area (Å²) in [4.78, 5) is 29.2. The Morgan fingerprint density at radius 2 is 1.82 bits per heavy atom. The molecule has 34 heavy (non-hydrogen) atoms. The van der Waals surface area contributed by atoms with Crippen LogP contribution in [0.1, 0.15) is 6.92 Å². The van der Waals surface area contributed by atoms with Crippen LogP contribution in [0.15, 0.2) is 64.1 Å². The van der Waals surface area contributed by atoms with Gasteiger partial charge >= 0.3 is 0 Å². The van der Waals surface area contributed by atoms with Gasteiger partial charge < -0.3 is 19.9 Å². The third-order valence-corrected chi connectivity index (χ3v) is 5.42. The third kappa shape index (κ3) is 5.09. The minimum atomic E-state index is -0.326. The zero-order chi connectivity index (χ0) is 24.1. The lowest BCUT2D eigenvalue weighted by molar-refractivity contribution is -0.117. The molecule has 0 bridgehead atoms. The van der Waals surface area contributed by atoms with E-state index in [2.05, 4.69) is 25.9 Å². The fraction of sp³-hybridized carbons (Fsp3) is 0.174. The summed E-state index contributed by atoms with van der Waals surface area (Å²) in [7, 11) is 1.57. The van der Waals surface area contributed by atoms with E-state index in [-0.39, 0.29) is 24.2 Å². The van der Waals surface area contributed by atoms with Gasteiger partial charge in [-0.05, 0) is 30.5 Å². The molecule has 174 valence electrons. The van der Waals surface area contributed by atoms with Gasteiger partial charge in [-0.15, -0.1) is 11.8 Å². The number of hydrogen-bond donors (Lipinski definition) is 2. The van der Waals surface area contributed by atoms with Crippen molar-refractivity contribution < 1.29 is 18.8 Å². The summed E-state index contributed by atoms with van der Waals surface area (Å²) >= 11 is 1.34. The molecule has 11 heteroatoms. The van der Waals surface area contributed by atoms with Gasteiger partial charge in [-0.2, -0.15) is 10.1 Å². The highest BCUT2D eigenvalue weighted by Crippen LogP contribution is 2.36. The molecular weight excluding hydrogens is 456 g/mol. The molecule has 0 aliphatic rings. The van der Waals surface area contributed by atoms with Crippen molar-refractivity contribution >= 4 is 35.1 Å². The number of carbonyl (C=O) groups is 2. The number of aromatic nitrogens is 4. The van der Waals surface area contributed by atoms with E-state index in [4.69, 9.17) is 9.26 Å². The normalized spacial score (nSPS) is 10.7. The van der Waals surface area contributed by atoms with Crippen molar-refractivity contribution in [1.82, 2.24) is 19.9 Å². The summed E-state index contributed by atoms with van der Waals surface area (Å²) in [5.41, 5.74) is 1.85. The first-order valence-electron chi connectivity index (χ1n) is 10.2. The van der Waals surface area contributed by atoms with Gasteiger partial charge in [0, 0.05) is 18.2 Å². The SMILES string of the molecule is COc1ccc(NC(=O)Cn2nc(SC)c(-c3nc(-c4ccccc4)no3)c2NC(C)=O)cc1. The standard InChI is InChI=1S/C23H22N6O4S/c1-14(30)24-21-19(22-26-20(28-33-22)15-7-5-4-6-8-15)23(34-3)27-29(21)13-18(31)25-16-9-11-17(32-2)12-10-16/h4-12H,13H2,1-3H3,(H,24,30)(H,25,31). The number of carbonyl (C=O) groups excluding carboxylic acids is 2. The van der Waals surface area contributed by atoms with Gasteiger partial charge in [-0.1, -0.05) is 35.5 Å². The number of benzene rings is 2. The second-order valence-corrected chi connectivity index (χ2v) is 7.93. The number of hydrogen-bond acceptors (Lipinski definition) is 8. The van der Waals surface area contributed by atoms with Crippen LogP contribution in [-0.4, -0.2) is 45.1 Å². The molecule has 0 aliphatic carbocycles. The molecule has 0 unspecified atom stereocenters. The highest BCUT2D eigenvalue weighted by Gasteiger charge is 2.26. The zero-order valence-corrected chi connectivity index (χ0v) is 19.5. The minimum Gasteiger partial charge on any atom is -0.497 e. The largest absolute Gasteiger partial charge is 0.497 e. The number of methoxy groups -OCH3 is 1. The van der Waals surface area contributed by atoms with Gasteiger partial charge in [0.15, 0.2) is 0 Å². The van der Waals surface area contributed by atoms with Crippen molar-refractivity contribution in [1.29, 1.82) is 0 Å². The Kier molecular flexibility index (Phi) is 6.93. The topological polar surface area (TPSA) is 124 Å². The fourth-order valence-electron chi connectivity index (χ4n) is 3.22. The van der Waals surface area contributed by atoms with Gasteiger partial charge in [0.25, 0.3) is 5.89 Å². The fourth-order valence-corrected chi connectivity index (χ4v) is 3.79. The number of anilines is 2. The summed E-state index contributed by atoms with van der Waals surface area (Å²) in [5.74, 6) is 0.921. The molecule has 2 N–H and O–H groups in total. The molecule has 0 radical (unpaired) electrons. The van der Waals surface area contributed by atoms with Crippen molar-refractivity contribution in [3.63, 3.8) is 0 Å². The second-order valence-electron chi connectivity index (χ2n) is 7.14. The predicted molar refractivity (Wildman–Crippen MR) is 129 cm³/mol. The quantitative estimate of drug-likeness (QED) is 0.365. The molecule has 0 saturated heterocycles. The molecule has 2 aromatic carbocycles. The predicted octanol–water partition coefficient (Wildman–Crippen LogP) is 3.93. The van der Waals surface area contributed by atoms with Crippen molar-refractivity contribution in [2.24, 2.45) is 0 Å². The van der Waals surface area contributed by atoms with Gasteiger partial charge in [-0.25, -0.2) is 4.68 Å². The molecule has 4 aromatic rings. The maximum absolute atomic E-state index is 12.7. The van der Waals surface area contributed by atoms with E-state index in [1.54, 1.807) is 31.4 Å². The Labute approximate surface area is 199 Å². The highest BCUT2D eigenvalue weighted by molar-refractivity contribution is 7.98. The Hall–Kier alpha value is -4.12. The van der Waals surface area contributed by atoms with Crippen LogP contribution in [0.3, 0.4) is 0 Å². The van der Waals surface area contributed by atoms with Crippen molar-refractivity contribution in [3.8, 4) is 28.6 Å². The molecular formula is C23H22N6O4S. The molecule has 0 aliphatic heterocycles. The number of nitrogens with one attached hydrogen (secondary N) is 2. The zero-order valence-electron chi connectivity index (χ0n) is 18.7. The van der Waals surface area contributed by atoms with E-state index in [0.717, 1.165) is 5.56 Å². The molecule has 2 amide bonds. The lowest BCUT2D eigenvalue weighted by Gasteiger charge is -2.10. The monoisotopic (exact) mass is 478 g/mol. The van der Waals surface area contributed by atoms with Gasteiger partial charge in [0.1, 0.15) is 28.7 Å². The number of amides is 2. The number of nitrogens with zero attached hydrogens (tertiary/aromatic N) is 4. The van der Waals surface area contributed by atoms with Gasteiger partial charge in [0.05, 0.1) is 7.11 Å². The van der Waals surface area contributed by atoms with Crippen LogP contribution in [0.4, 0.5) is 11.5 Å². The Morgan fingerprint density at radius 1 is 1.09 bits per heavy atom. The Morgan fingerprint density at radius 3 is 2.47 bits per heavy atom. The molecule has 0 fully saturated rings. The summed E-state index contributed by atoms with van der Waals surface area (Å²) in [6.45, 7) is 1.23. The number of rotatable bonds is 8. The third-order valence-electron chi connectivity index (χ3n) is 4.75. The number of ether oxygens (including phenoxy) is 1. The summed E-state index contributed by atoms with van der Waals surface area (Å²) < 4.78 is 12.1. The average Bonchev–Trinajstić information content (AvgIpc) is 3.45. The van der Waals surface area contributed by atoms with E-state index in [1.807, 2.05) is 36.6 Å². The van der Waals surface area contributed by atoms with Crippen LogP contribution in [0.25, 0.3) is 22.8 Å². The van der Waals surface area contributed by atoms with E-state index in [9.17, 15) is 9.59 Å². The molecule has 4 rings (SSSR count). The first-order valence-corrected chi connectivity index (χ1v) is 11.5. The maximum atomic E-state index is 12.7. The van der Waals surface area contributed by atoms with E-state index >= 15 is 0 Å². The van der Waals surface area contributed by atoms with E-state index in [0.29, 0.717) is 33.7 Å². The first-order chi connectivity index (χ1) is 16.5. The average molecular weight is 479 g/mol.